The van der Waals surface area contributed by atoms with Crippen LogP contribution in [0.5, 0.6) is 0 Å². The summed E-state index contributed by atoms with van der Waals surface area (Å²) in [4.78, 5) is 0. The van der Waals surface area contributed by atoms with Gasteiger partial charge in [0.15, 0.2) is 0 Å². The second-order valence-electron chi connectivity index (χ2n) is 18.4. The van der Waals surface area contributed by atoms with Gasteiger partial charge in [-0.3, -0.25) is 0 Å². The number of benzene rings is 10. The van der Waals surface area contributed by atoms with Gasteiger partial charge in [-0.15, -0.1) is 0 Å². The summed E-state index contributed by atoms with van der Waals surface area (Å²) in [6.07, 6.45) is 0. The van der Waals surface area contributed by atoms with Gasteiger partial charge in [0, 0.05) is 0 Å². The van der Waals surface area contributed by atoms with Gasteiger partial charge in [-0.05, 0) is 11.1 Å². The molecule has 308 valence electrons. The molecule has 3 heteroatoms. The standard InChI is InChI=1S/C62H44NOSi/c1-65(2)60-38-48(50-17-11-18-54-51-16-9-10-19-59(51)64-62(50)54)28-32-52(60)53-33-31-49(39-61(53)65)63-57-34-29-46(44-24-20-42(21-25-44)40-12-5-3-6-13-40)36-55(57)56-37-47(30-35-58(56)63)45-26-22-43(23-27-45)41-14-7-4-8-15-41/h3-39,65H,1-2H3/q-1. The second-order valence-corrected chi connectivity index (χ2v) is 23.4. The fraction of sp³-hybridized carbons (Fsp3) is 0.0323. The van der Waals surface area contributed by atoms with Crippen molar-refractivity contribution in [3.8, 4) is 72.4 Å². The number of rotatable bonds is 6. The molecule has 0 fully saturated rings. The van der Waals surface area contributed by atoms with Crippen molar-refractivity contribution in [2.45, 2.75) is 13.1 Å². The summed E-state index contributed by atoms with van der Waals surface area (Å²) in [5.41, 5.74) is 20.4. The number of fused-ring (bicyclic) bond motifs is 9. The van der Waals surface area contributed by atoms with Crippen molar-refractivity contribution in [2.75, 3.05) is 0 Å². The quantitative estimate of drug-likeness (QED) is 0.153. The first kappa shape index (κ1) is 37.6. The summed E-state index contributed by atoms with van der Waals surface area (Å²) in [5, 5.41) is 7.83. The Kier molecular flexibility index (Phi) is 8.40. The zero-order chi connectivity index (χ0) is 43.2. The fourth-order valence-corrected chi connectivity index (χ4v) is 14.5. The molecule has 0 N–H and O–H groups in total. The van der Waals surface area contributed by atoms with Crippen molar-refractivity contribution in [3.05, 3.63) is 224 Å². The van der Waals surface area contributed by atoms with Crippen LogP contribution in [0.1, 0.15) is 0 Å². The summed E-state index contributed by atoms with van der Waals surface area (Å²) in [7, 11) is -2.51. The molecule has 3 heterocycles. The first-order valence-corrected chi connectivity index (χ1v) is 26.3. The Bertz CT molecular complexity index is 3680. The normalized spacial score (nSPS) is 13.4. The van der Waals surface area contributed by atoms with Crippen LogP contribution in [0.15, 0.2) is 229 Å². The predicted octanol–water partition coefficient (Wildman–Crippen LogP) is 15.6. The molecule has 10 aromatic carbocycles. The average Bonchev–Trinajstić information content (AvgIpc) is 3.99. The van der Waals surface area contributed by atoms with Gasteiger partial charge in [0.2, 0.25) is 0 Å². The Balaban J connectivity index is 0.930. The fourth-order valence-electron chi connectivity index (χ4n) is 10.9. The Morgan fingerprint density at radius 3 is 1.38 bits per heavy atom. The molecule has 0 unspecified atom stereocenters. The third-order valence-electron chi connectivity index (χ3n) is 14.3. The van der Waals surface area contributed by atoms with E-state index in [1.807, 2.05) is 6.07 Å². The molecule has 0 saturated heterocycles. The van der Waals surface area contributed by atoms with Gasteiger partial charge in [0.25, 0.3) is 0 Å². The summed E-state index contributed by atoms with van der Waals surface area (Å²) in [5.74, 6) is 0. The van der Waals surface area contributed by atoms with E-state index in [4.69, 9.17) is 4.42 Å². The minimum atomic E-state index is -2.51. The molecular weight excluding hydrogens is 803 g/mol. The van der Waals surface area contributed by atoms with E-state index in [1.54, 1.807) is 0 Å². The maximum atomic E-state index is 6.52. The number of furan rings is 1. The van der Waals surface area contributed by atoms with Crippen LogP contribution in [0.2, 0.25) is 13.1 Å². The third-order valence-corrected chi connectivity index (χ3v) is 18.4. The molecule has 12 aromatic rings. The van der Waals surface area contributed by atoms with Gasteiger partial charge in [-0.1, -0.05) is 60.7 Å². The van der Waals surface area contributed by atoms with Crippen molar-refractivity contribution in [1.82, 2.24) is 4.57 Å². The van der Waals surface area contributed by atoms with E-state index in [0.717, 1.165) is 27.5 Å². The number of hydrogen-bond donors (Lipinski definition) is 0. The van der Waals surface area contributed by atoms with Gasteiger partial charge in [0.05, 0.1) is 0 Å². The zero-order valence-corrected chi connectivity index (χ0v) is 37.4. The van der Waals surface area contributed by atoms with Crippen LogP contribution in [0.25, 0.3) is 116 Å². The molecule has 13 rings (SSSR count). The summed E-state index contributed by atoms with van der Waals surface area (Å²) in [6.45, 7) is 5.09. The van der Waals surface area contributed by atoms with Gasteiger partial charge in [-0.25, -0.2) is 0 Å². The van der Waals surface area contributed by atoms with Crippen LogP contribution >= 0.6 is 0 Å². The van der Waals surface area contributed by atoms with E-state index < -0.39 is 8.07 Å². The molecule has 0 bridgehead atoms. The molecular formula is C62H44NOSi-. The molecule has 0 amide bonds. The van der Waals surface area contributed by atoms with Crippen molar-refractivity contribution in [3.63, 3.8) is 0 Å². The van der Waals surface area contributed by atoms with Gasteiger partial charge >= 0.3 is 309 Å². The van der Waals surface area contributed by atoms with Crippen LogP contribution < -0.4 is 10.4 Å². The van der Waals surface area contributed by atoms with Gasteiger partial charge in [0.1, 0.15) is 0 Å². The van der Waals surface area contributed by atoms with E-state index in [0.29, 0.717) is 0 Å². The number of aromatic nitrogens is 1. The number of para-hydroxylation sites is 2. The molecule has 0 radical (unpaired) electrons. The van der Waals surface area contributed by atoms with Gasteiger partial charge in [-0.2, -0.15) is 0 Å². The topological polar surface area (TPSA) is 18.1 Å². The van der Waals surface area contributed by atoms with E-state index in [-0.39, 0.29) is 0 Å². The average molecular weight is 847 g/mol. The molecule has 0 aliphatic carbocycles. The van der Waals surface area contributed by atoms with Crippen LogP contribution in [-0.4, -0.2) is 12.6 Å². The van der Waals surface area contributed by atoms with E-state index in [2.05, 4.69) is 236 Å². The Morgan fingerprint density at radius 2 is 0.785 bits per heavy atom. The van der Waals surface area contributed by atoms with Crippen LogP contribution in [0.4, 0.5) is 0 Å². The summed E-state index contributed by atoms with van der Waals surface area (Å²) >= 11 is 0. The number of nitrogens with zero attached hydrogens (tertiary/aromatic N) is 1. The van der Waals surface area contributed by atoms with E-state index in [1.165, 1.54) is 99.1 Å². The summed E-state index contributed by atoms with van der Waals surface area (Å²) < 4.78 is 9.02. The molecule has 2 aromatic heterocycles. The maximum absolute atomic E-state index is 6.52. The van der Waals surface area contributed by atoms with Crippen LogP contribution in [0.3, 0.4) is 0 Å². The molecule has 2 nitrogen and oxygen atoms in total. The van der Waals surface area contributed by atoms with E-state index >= 15 is 0 Å². The molecule has 0 spiro atoms. The first-order chi connectivity index (χ1) is 32.0. The van der Waals surface area contributed by atoms with Crippen molar-refractivity contribution in [2.24, 2.45) is 0 Å². The van der Waals surface area contributed by atoms with Crippen molar-refractivity contribution < 1.29 is 4.42 Å². The molecule has 1 aliphatic heterocycles. The van der Waals surface area contributed by atoms with Gasteiger partial charge < -0.3 is 0 Å². The first-order valence-electron chi connectivity index (χ1n) is 22.8. The monoisotopic (exact) mass is 846 g/mol. The molecule has 65 heavy (non-hydrogen) atoms. The molecule has 0 atom stereocenters. The second kappa shape index (κ2) is 14.5. The Hall–Kier alpha value is -7.98. The minimum absolute atomic E-state index is 0.931. The Morgan fingerprint density at radius 1 is 0.323 bits per heavy atom. The third kappa shape index (κ3) is 6.00. The van der Waals surface area contributed by atoms with Crippen molar-refractivity contribution in [1.29, 1.82) is 0 Å². The van der Waals surface area contributed by atoms with Crippen LogP contribution in [-0.2, 0) is 0 Å². The van der Waals surface area contributed by atoms with E-state index in [9.17, 15) is 0 Å². The molecule has 0 saturated carbocycles. The molecule has 1 aliphatic rings. The number of hydrogen-bond acceptors (Lipinski definition) is 1. The van der Waals surface area contributed by atoms with Crippen molar-refractivity contribution >= 4 is 62.2 Å². The predicted molar refractivity (Wildman–Crippen MR) is 279 cm³/mol. The zero-order valence-electron chi connectivity index (χ0n) is 36.3. The van der Waals surface area contributed by atoms with Crippen LogP contribution in [0, 0.1) is 0 Å². The summed E-state index contributed by atoms with van der Waals surface area (Å²) in [6, 6.07) is 82.6. The Labute approximate surface area is 379 Å². The SMILES string of the molecule is C[SiH-]1(C)c2cc(-c3cccc4c3oc3ccccc34)ccc2-c2ccc(-n3c4ccc(-c5ccc(-c6ccccc6)cc5)cc4c4cc(-c5ccc(-c6ccccc6)cc5)ccc43)cc21.